The van der Waals surface area contributed by atoms with Gasteiger partial charge in [0.1, 0.15) is 0 Å². The van der Waals surface area contributed by atoms with E-state index in [1.165, 1.54) is 0 Å². The number of nitrogens with one attached hydrogen (secondary N) is 2. The molecule has 5 nitrogen and oxygen atoms in total. The zero-order chi connectivity index (χ0) is 12.3. The smallest absolute Gasteiger partial charge is 0.317 e. The normalized spacial score (nSPS) is 16.2. The van der Waals surface area contributed by atoms with Gasteiger partial charge in [-0.25, -0.2) is 4.79 Å². The molecule has 5 heteroatoms. The van der Waals surface area contributed by atoms with Crippen LogP contribution in [0.4, 0.5) is 4.79 Å². The molecule has 2 N–H and O–H groups in total. The van der Waals surface area contributed by atoms with Gasteiger partial charge in [-0.1, -0.05) is 0 Å². The number of hydrogen-bond donors (Lipinski definition) is 2. The van der Waals surface area contributed by atoms with Crippen molar-refractivity contribution in [1.29, 1.82) is 0 Å². The van der Waals surface area contributed by atoms with Crippen LogP contribution >= 0.6 is 0 Å². The van der Waals surface area contributed by atoms with E-state index in [0.717, 1.165) is 0 Å². The Morgan fingerprint density at radius 2 is 1.56 bits per heavy atom. The van der Waals surface area contributed by atoms with Crippen molar-refractivity contribution in [3.05, 3.63) is 0 Å². The van der Waals surface area contributed by atoms with E-state index in [2.05, 4.69) is 10.6 Å². The Bertz CT molecular complexity index is 244. The number of urea groups is 1. The van der Waals surface area contributed by atoms with Gasteiger partial charge in [0, 0.05) is 25.2 Å². The van der Waals surface area contributed by atoms with Gasteiger partial charge in [-0.2, -0.15) is 0 Å². The third-order valence-electron chi connectivity index (χ3n) is 2.38. The Morgan fingerprint density at radius 3 is 2.00 bits per heavy atom. The summed E-state index contributed by atoms with van der Waals surface area (Å²) in [5.74, 6) is 0.00362. The van der Waals surface area contributed by atoms with E-state index in [4.69, 9.17) is 0 Å². The summed E-state index contributed by atoms with van der Waals surface area (Å²) in [4.78, 5) is 24.7. The Balaban J connectivity index is 2.27. The van der Waals surface area contributed by atoms with Crippen molar-refractivity contribution in [1.82, 2.24) is 15.5 Å². The highest BCUT2D eigenvalue weighted by Crippen LogP contribution is 2.15. The van der Waals surface area contributed by atoms with Crippen LogP contribution in [0.15, 0.2) is 0 Å². The second-order valence-corrected chi connectivity index (χ2v) is 4.87. The third kappa shape index (κ3) is 3.40. The quantitative estimate of drug-likeness (QED) is 0.740. The van der Waals surface area contributed by atoms with Crippen molar-refractivity contribution in [3.63, 3.8) is 0 Å². The fourth-order valence-corrected chi connectivity index (χ4v) is 1.55. The van der Waals surface area contributed by atoms with E-state index >= 15 is 0 Å². The SMILES string of the molecule is CC(C)NC(=O)C1CN(C(=O)NC(C)C)C1. The van der Waals surface area contributed by atoms with Crippen LogP contribution in [0.2, 0.25) is 0 Å². The molecule has 92 valence electrons. The van der Waals surface area contributed by atoms with Gasteiger partial charge in [-0.3, -0.25) is 4.79 Å². The number of carbonyl (C=O) groups excluding carboxylic acids is 2. The molecule has 1 rings (SSSR count). The standard InChI is InChI=1S/C11H21N3O2/c1-7(2)12-10(15)9-5-14(6-9)11(16)13-8(3)4/h7-9H,5-6H2,1-4H3,(H,12,15)(H,13,16). The summed E-state index contributed by atoms with van der Waals surface area (Å²) in [6.07, 6.45) is 0. The molecule has 0 atom stereocenters. The Kier molecular flexibility index (Phi) is 4.15. The number of amides is 3. The van der Waals surface area contributed by atoms with E-state index in [9.17, 15) is 9.59 Å². The lowest BCUT2D eigenvalue weighted by atomic mass is 9.99. The molecule has 0 aromatic heterocycles. The van der Waals surface area contributed by atoms with Crippen molar-refractivity contribution >= 4 is 11.9 Å². The van der Waals surface area contributed by atoms with Crippen molar-refractivity contribution in [2.24, 2.45) is 5.92 Å². The van der Waals surface area contributed by atoms with Gasteiger partial charge in [0.15, 0.2) is 0 Å². The molecular formula is C11H21N3O2. The van der Waals surface area contributed by atoms with Gasteiger partial charge in [0.05, 0.1) is 5.92 Å². The molecular weight excluding hydrogens is 206 g/mol. The summed E-state index contributed by atoms with van der Waals surface area (Å²) in [5.41, 5.74) is 0. The van der Waals surface area contributed by atoms with Gasteiger partial charge >= 0.3 is 6.03 Å². The van der Waals surface area contributed by atoms with E-state index in [-0.39, 0.29) is 29.9 Å². The van der Waals surface area contributed by atoms with Crippen molar-refractivity contribution in [2.45, 2.75) is 39.8 Å². The lowest BCUT2D eigenvalue weighted by Crippen LogP contribution is -2.59. The summed E-state index contributed by atoms with van der Waals surface area (Å²) in [6, 6.07) is 0.214. The molecule has 0 bridgehead atoms. The van der Waals surface area contributed by atoms with Gasteiger partial charge in [0.25, 0.3) is 0 Å². The Hall–Kier alpha value is -1.26. The highest BCUT2D eigenvalue weighted by atomic mass is 16.2. The topological polar surface area (TPSA) is 61.4 Å². The van der Waals surface area contributed by atoms with Crippen LogP contribution in [0.5, 0.6) is 0 Å². The highest BCUT2D eigenvalue weighted by Gasteiger charge is 2.35. The van der Waals surface area contributed by atoms with Crippen LogP contribution in [0.1, 0.15) is 27.7 Å². The van der Waals surface area contributed by atoms with Crippen LogP contribution in [-0.4, -0.2) is 42.0 Å². The maximum absolute atomic E-state index is 11.6. The first-order chi connectivity index (χ1) is 7.40. The number of carbonyl (C=O) groups is 2. The van der Waals surface area contributed by atoms with E-state index in [1.54, 1.807) is 4.90 Å². The van der Waals surface area contributed by atoms with Gasteiger partial charge in [-0.05, 0) is 27.7 Å². The molecule has 1 heterocycles. The fourth-order valence-electron chi connectivity index (χ4n) is 1.55. The van der Waals surface area contributed by atoms with Crippen molar-refractivity contribution in [2.75, 3.05) is 13.1 Å². The predicted molar refractivity (Wildman–Crippen MR) is 62.0 cm³/mol. The summed E-state index contributed by atoms with van der Waals surface area (Å²) in [7, 11) is 0. The molecule has 0 saturated carbocycles. The monoisotopic (exact) mass is 227 g/mol. The molecule has 1 fully saturated rings. The Morgan fingerprint density at radius 1 is 1.06 bits per heavy atom. The first kappa shape index (κ1) is 12.8. The predicted octanol–water partition coefficient (Wildman–Crippen LogP) is 0.561. The summed E-state index contributed by atoms with van der Waals surface area (Å²) in [6.45, 7) is 8.75. The molecule has 16 heavy (non-hydrogen) atoms. The molecule has 1 aliphatic heterocycles. The average molecular weight is 227 g/mol. The number of hydrogen-bond acceptors (Lipinski definition) is 2. The van der Waals surface area contributed by atoms with E-state index in [0.29, 0.717) is 13.1 Å². The number of rotatable bonds is 3. The Labute approximate surface area is 96.6 Å². The first-order valence-electron chi connectivity index (χ1n) is 5.76. The molecule has 0 spiro atoms. The van der Waals surface area contributed by atoms with Crippen LogP contribution in [0.3, 0.4) is 0 Å². The minimum atomic E-state index is -0.0800. The average Bonchev–Trinajstić information content (AvgIpc) is 1.96. The maximum atomic E-state index is 11.6. The van der Waals surface area contributed by atoms with E-state index in [1.807, 2.05) is 27.7 Å². The van der Waals surface area contributed by atoms with Gasteiger partial charge in [-0.15, -0.1) is 0 Å². The van der Waals surface area contributed by atoms with Crippen LogP contribution in [0.25, 0.3) is 0 Å². The molecule has 0 radical (unpaired) electrons. The zero-order valence-electron chi connectivity index (χ0n) is 10.4. The lowest BCUT2D eigenvalue weighted by Gasteiger charge is -2.38. The van der Waals surface area contributed by atoms with E-state index < -0.39 is 0 Å². The molecule has 0 aromatic carbocycles. The minimum absolute atomic E-state index is 0.0414. The van der Waals surface area contributed by atoms with Crippen LogP contribution in [-0.2, 0) is 4.79 Å². The van der Waals surface area contributed by atoms with Crippen molar-refractivity contribution < 1.29 is 9.59 Å². The third-order valence-corrected chi connectivity index (χ3v) is 2.38. The molecule has 0 unspecified atom stereocenters. The molecule has 1 saturated heterocycles. The molecule has 0 aromatic rings. The fraction of sp³-hybridized carbons (Fsp3) is 0.818. The summed E-state index contributed by atoms with van der Waals surface area (Å²) < 4.78 is 0. The maximum Gasteiger partial charge on any atom is 0.317 e. The summed E-state index contributed by atoms with van der Waals surface area (Å²) >= 11 is 0. The second kappa shape index (κ2) is 5.18. The minimum Gasteiger partial charge on any atom is -0.354 e. The second-order valence-electron chi connectivity index (χ2n) is 4.87. The molecule has 3 amide bonds. The van der Waals surface area contributed by atoms with Crippen LogP contribution < -0.4 is 10.6 Å². The first-order valence-corrected chi connectivity index (χ1v) is 5.76. The number of nitrogens with zero attached hydrogens (tertiary/aromatic N) is 1. The number of likely N-dealkylation sites (tertiary alicyclic amines) is 1. The van der Waals surface area contributed by atoms with Gasteiger partial charge in [0.2, 0.25) is 5.91 Å². The van der Waals surface area contributed by atoms with Crippen LogP contribution in [0, 0.1) is 5.92 Å². The molecule has 0 aliphatic carbocycles. The zero-order valence-corrected chi connectivity index (χ0v) is 10.4. The summed E-state index contributed by atoms with van der Waals surface area (Å²) in [5, 5.41) is 5.65. The lowest BCUT2D eigenvalue weighted by molar-refractivity contribution is -0.129. The van der Waals surface area contributed by atoms with Crippen molar-refractivity contribution in [3.8, 4) is 0 Å². The molecule has 1 aliphatic rings. The largest absolute Gasteiger partial charge is 0.354 e. The highest BCUT2D eigenvalue weighted by molar-refractivity contribution is 5.84. The van der Waals surface area contributed by atoms with Gasteiger partial charge < -0.3 is 15.5 Å².